The van der Waals surface area contributed by atoms with Crippen molar-refractivity contribution in [1.82, 2.24) is 4.90 Å². The average Bonchev–Trinajstić information content (AvgIpc) is 2.52. The molecule has 1 heterocycles. The van der Waals surface area contributed by atoms with E-state index in [-0.39, 0.29) is 37.7 Å². The Hall–Kier alpha value is -2.08. The maximum absolute atomic E-state index is 12.1. The fraction of sp³-hybridized carbons (Fsp3) is 0.529. The lowest BCUT2D eigenvalue weighted by Gasteiger charge is -2.35. The van der Waals surface area contributed by atoms with Crippen molar-refractivity contribution in [2.75, 3.05) is 26.3 Å². The summed E-state index contributed by atoms with van der Waals surface area (Å²) in [5, 5.41) is 0. The van der Waals surface area contributed by atoms with E-state index in [1.807, 2.05) is 44.2 Å². The molecular formula is C17H23NO5. The van der Waals surface area contributed by atoms with Crippen molar-refractivity contribution in [3.8, 4) is 5.75 Å². The number of morpholine rings is 1. The summed E-state index contributed by atoms with van der Waals surface area (Å²) in [5.74, 6) is 0.0700. The van der Waals surface area contributed by atoms with E-state index in [9.17, 15) is 9.59 Å². The van der Waals surface area contributed by atoms with Gasteiger partial charge in [0, 0.05) is 13.1 Å². The van der Waals surface area contributed by atoms with Crippen LogP contribution in [0.3, 0.4) is 0 Å². The van der Waals surface area contributed by atoms with Gasteiger partial charge in [0.15, 0.2) is 6.61 Å². The van der Waals surface area contributed by atoms with Crippen LogP contribution in [0, 0.1) is 0 Å². The summed E-state index contributed by atoms with van der Waals surface area (Å²) < 4.78 is 16.0. The highest BCUT2D eigenvalue weighted by molar-refractivity contribution is 5.80. The molecular weight excluding hydrogens is 298 g/mol. The quantitative estimate of drug-likeness (QED) is 0.745. The molecule has 0 aliphatic carbocycles. The monoisotopic (exact) mass is 321 g/mol. The van der Waals surface area contributed by atoms with Gasteiger partial charge >= 0.3 is 5.97 Å². The van der Waals surface area contributed by atoms with E-state index in [0.29, 0.717) is 18.8 Å². The Morgan fingerprint density at radius 3 is 2.48 bits per heavy atom. The Morgan fingerprint density at radius 1 is 1.17 bits per heavy atom. The fourth-order valence-electron chi connectivity index (χ4n) is 2.46. The van der Waals surface area contributed by atoms with E-state index in [0.717, 1.165) is 0 Å². The first-order valence-electron chi connectivity index (χ1n) is 7.81. The molecule has 1 aromatic rings. The van der Waals surface area contributed by atoms with Gasteiger partial charge in [-0.15, -0.1) is 0 Å². The zero-order valence-electron chi connectivity index (χ0n) is 13.6. The second-order valence-corrected chi connectivity index (χ2v) is 5.63. The summed E-state index contributed by atoms with van der Waals surface area (Å²) in [4.78, 5) is 25.4. The van der Waals surface area contributed by atoms with Crippen molar-refractivity contribution >= 4 is 11.9 Å². The molecule has 126 valence electrons. The van der Waals surface area contributed by atoms with Crippen LogP contribution in [-0.4, -0.2) is 55.3 Å². The van der Waals surface area contributed by atoms with Crippen LogP contribution in [0.1, 0.15) is 20.3 Å². The molecule has 1 aliphatic rings. The summed E-state index contributed by atoms with van der Waals surface area (Å²) >= 11 is 0. The molecule has 1 aromatic carbocycles. The van der Waals surface area contributed by atoms with Gasteiger partial charge < -0.3 is 19.1 Å². The predicted octanol–water partition coefficient (Wildman–Crippen LogP) is 1.63. The van der Waals surface area contributed by atoms with Gasteiger partial charge in [-0.25, -0.2) is 0 Å². The molecule has 1 saturated heterocycles. The standard InChI is InChI=1S/C17H23NO5/c1-13-10-18(11-14(2)23-13)16(19)12-22-17(20)8-9-21-15-6-4-3-5-7-15/h3-7,13-14H,8-12H2,1-2H3/t13-,14+. The van der Waals surface area contributed by atoms with Gasteiger partial charge in [0.2, 0.25) is 0 Å². The van der Waals surface area contributed by atoms with Crippen LogP contribution in [-0.2, 0) is 19.1 Å². The highest BCUT2D eigenvalue weighted by Gasteiger charge is 2.26. The molecule has 6 heteroatoms. The highest BCUT2D eigenvalue weighted by Crippen LogP contribution is 2.11. The second-order valence-electron chi connectivity index (χ2n) is 5.63. The highest BCUT2D eigenvalue weighted by atomic mass is 16.5. The number of rotatable bonds is 6. The number of nitrogens with zero attached hydrogens (tertiary/aromatic N) is 1. The Balaban J connectivity index is 1.64. The van der Waals surface area contributed by atoms with E-state index in [1.54, 1.807) is 4.90 Å². The smallest absolute Gasteiger partial charge is 0.309 e. The maximum Gasteiger partial charge on any atom is 0.309 e. The largest absolute Gasteiger partial charge is 0.493 e. The normalized spacial score (nSPS) is 20.9. The number of amides is 1. The van der Waals surface area contributed by atoms with E-state index < -0.39 is 5.97 Å². The van der Waals surface area contributed by atoms with Crippen LogP contribution in [0.15, 0.2) is 30.3 Å². The molecule has 0 bridgehead atoms. The van der Waals surface area contributed by atoms with Crippen molar-refractivity contribution in [2.24, 2.45) is 0 Å². The second kappa shape index (κ2) is 8.53. The van der Waals surface area contributed by atoms with Gasteiger partial charge in [-0.3, -0.25) is 9.59 Å². The zero-order valence-corrected chi connectivity index (χ0v) is 13.6. The van der Waals surface area contributed by atoms with Crippen molar-refractivity contribution in [3.63, 3.8) is 0 Å². The van der Waals surface area contributed by atoms with Crippen molar-refractivity contribution in [1.29, 1.82) is 0 Å². The van der Waals surface area contributed by atoms with Gasteiger partial charge in [-0.1, -0.05) is 18.2 Å². The summed E-state index contributed by atoms with van der Waals surface area (Å²) in [5.41, 5.74) is 0. The third kappa shape index (κ3) is 5.90. The SMILES string of the molecule is C[C@@H]1CN(C(=O)COC(=O)CCOc2ccccc2)C[C@H](C)O1. The Morgan fingerprint density at radius 2 is 1.83 bits per heavy atom. The molecule has 0 unspecified atom stereocenters. The van der Waals surface area contributed by atoms with Gasteiger partial charge in [0.25, 0.3) is 5.91 Å². The molecule has 2 rings (SSSR count). The fourth-order valence-corrected chi connectivity index (χ4v) is 2.46. The van der Waals surface area contributed by atoms with Crippen LogP contribution in [0.4, 0.5) is 0 Å². The summed E-state index contributed by atoms with van der Waals surface area (Å²) in [6.07, 6.45) is 0.105. The van der Waals surface area contributed by atoms with Gasteiger partial charge in [-0.05, 0) is 26.0 Å². The number of esters is 1. The lowest BCUT2D eigenvalue weighted by Crippen LogP contribution is -2.49. The number of hydrogen-bond donors (Lipinski definition) is 0. The van der Waals surface area contributed by atoms with Gasteiger partial charge in [0.1, 0.15) is 5.75 Å². The number of para-hydroxylation sites is 1. The first-order valence-corrected chi connectivity index (χ1v) is 7.81. The Labute approximate surface area is 136 Å². The number of hydrogen-bond acceptors (Lipinski definition) is 5. The summed E-state index contributed by atoms with van der Waals surface area (Å²) in [6.45, 7) is 4.88. The minimum atomic E-state index is -0.441. The Kier molecular flexibility index (Phi) is 6.40. The molecule has 0 saturated carbocycles. The van der Waals surface area contributed by atoms with Crippen molar-refractivity contribution in [2.45, 2.75) is 32.5 Å². The average molecular weight is 321 g/mol. The number of ether oxygens (including phenoxy) is 3. The van der Waals surface area contributed by atoms with E-state index >= 15 is 0 Å². The topological polar surface area (TPSA) is 65.1 Å². The Bertz CT molecular complexity index is 509. The van der Waals surface area contributed by atoms with Crippen LogP contribution in [0.5, 0.6) is 5.75 Å². The maximum atomic E-state index is 12.1. The molecule has 2 atom stereocenters. The lowest BCUT2D eigenvalue weighted by molar-refractivity contribution is -0.157. The summed E-state index contributed by atoms with van der Waals surface area (Å²) in [6, 6.07) is 9.23. The van der Waals surface area contributed by atoms with Crippen LogP contribution < -0.4 is 4.74 Å². The van der Waals surface area contributed by atoms with Crippen LogP contribution >= 0.6 is 0 Å². The van der Waals surface area contributed by atoms with Crippen LogP contribution in [0.25, 0.3) is 0 Å². The van der Waals surface area contributed by atoms with E-state index in [4.69, 9.17) is 14.2 Å². The third-order valence-electron chi connectivity index (χ3n) is 3.45. The van der Waals surface area contributed by atoms with E-state index in [1.165, 1.54) is 0 Å². The molecule has 1 fully saturated rings. The van der Waals surface area contributed by atoms with Crippen molar-refractivity contribution < 1.29 is 23.8 Å². The molecule has 0 spiro atoms. The first kappa shape index (κ1) is 17.3. The molecule has 0 aromatic heterocycles. The number of carbonyl (C=O) groups excluding carboxylic acids is 2. The number of benzene rings is 1. The predicted molar refractivity (Wildman–Crippen MR) is 84.1 cm³/mol. The lowest BCUT2D eigenvalue weighted by atomic mass is 10.2. The van der Waals surface area contributed by atoms with Gasteiger partial charge in [-0.2, -0.15) is 0 Å². The molecule has 1 amide bonds. The minimum Gasteiger partial charge on any atom is -0.493 e. The molecule has 0 radical (unpaired) electrons. The molecule has 0 N–H and O–H groups in total. The first-order chi connectivity index (χ1) is 11.0. The number of carbonyl (C=O) groups is 2. The zero-order chi connectivity index (χ0) is 16.7. The van der Waals surface area contributed by atoms with Crippen molar-refractivity contribution in [3.05, 3.63) is 30.3 Å². The molecule has 23 heavy (non-hydrogen) atoms. The molecule has 6 nitrogen and oxygen atoms in total. The van der Waals surface area contributed by atoms with Gasteiger partial charge in [0.05, 0.1) is 25.2 Å². The third-order valence-corrected chi connectivity index (χ3v) is 3.45. The minimum absolute atomic E-state index is 0.00215. The van der Waals surface area contributed by atoms with Crippen LogP contribution in [0.2, 0.25) is 0 Å². The van der Waals surface area contributed by atoms with E-state index in [2.05, 4.69) is 0 Å². The molecule has 1 aliphatic heterocycles. The summed E-state index contributed by atoms with van der Waals surface area (Å²) in [7, 11) is 0.